The van der Waals surface area contributed by atoms with Crippen molar-refractivity contribution in [1.29, 1.82) is 0 Å². The van der Waals surface area contributed by atoms with Crippen LogP contribution in [0.5, 0.6) is 0 Å². The SMILES string of the molecule is CC(C(=O)Nc1ccc(Cl)cn1)N1CCC[C@@H](c2ccc(=O)n(CC(F)(F)F)c2)C1. The molecule has 1 aliphatic rings. The van der Waals surface area contributed by atoms with Gasteiger partial charge in [-0.05, 0) is 49.9 Å². The van der Waals surface area contributed by atoms with Crippen molar-refractivity contribution < 1.29 is 18.0 Å². The van der Waals surface area contributed by atoms with Gasteiger partial charge in [0.2, 0.25) is 5.91 Å². The van der Waals surface area contributed by atoms with Gasteiger partial charge >= 0.3 is 6.18 Å². The van der Waals surface area contributed by atoms with E-state index in [2.05, 4.69) is 10.3 Å². The molecule has 0 saturated carbocycles. The van der Waals surface area contributed by atoms with Crippen LogP contribution in [0.3, 0.4) is 0 Å². The van der Waals surface area contributed by atoms with Crippen molar-refractivity contribution in [2.75, 3.05) is 18.4 Å². The number of aromatic nitrogens is 2. The Morgan fingerprint density at radius 1 is 1.33 bits per heavy atom. The van der Waals surface area contributed by atoms with E-state index in [1.165, 1.54) is 18.5 Å². The van der Waals surface area contributed by atoms with E-state index >= 15 is 0 Å². The Morgan fingerprint density at radius 3 is 2.77 bits per heavy atom. The molecule has 0 aromatic carbocycles. The molecule has 1 N–H and O–H groups in total. The zero-order chi connectivity index (χ0) is 21.9. The second-order valence-electron chi connectivity index (χ2n) is 7.40. The van der Waals surface area contributed by atoms with Gasteiger partial charge in [-0.2, -0.15) is 13.2 Å². The summed E-state index contributed by atoms with van der Waals surface area (Å²) in [5.41, 5.74) is -0.0255. The van der Waals surface area contributed by atoms with Crippen LogP contribution in [0.25, 0.3) is 0 Å². The van der Waals surface area contributed by atoms with Gasteiger partial charge in [0, 0.05) is 25.0 Å². The largest absolute Gasteiger partial charge is 0.406 e. The highest BCUT2D eigenvalue weighted by atomic mass is 35.5. The molecule has 0 spiro atoms. The maximum absolute atomic E-state index is 12.7. The van der Waals surface area contributed by atoms with Crippen molar-refractivity contribution in [2.45, 2.75) is 44.4 Å². The second kappa shape index (κ2) is 9.18. The van der Waals surface area contributed by atoms with Gasteiger partial charge in [0.1, 0.15) is 12.4 Å². The number of alkyl halides is 3. The zero-order valence-electron chi connectivity index (χ0n) is 16.3. The van der Waals surface area contributed by atoms with Crippen LogP contribution in [0.4, 0.5) is 19.0 Å². The Kier molecular flexibility index (Phi) is 6.82. The lowest BCUT2D eigenvalue weighted by Gasteiger charge is -2.36. The minimum atomic E-state index is -4.47. The number of carbonyl (C=O) groups excluding carboxylic acids is 1. The Morgan fingerprint density at radius 2 is 2.10 bits per heavy atom. The average molecular weight is 443 g/mol. The van der Waals surface area contributed by atoms with Gasteiger partial charge in [0.25, 0.3) is 5.56 Å². The molecular weight excluding hydrogens is 421 g/mol. The van der Waals surface area contributed by atoms with Gasteiger partial charge in [-0.25, -0.2) is 4.98 Å². The first-order valence-corrected chi connectivity index (χ1v) is 9.94. The van der Waals surface area contributed by atoms with Gasteiger partial charge in [-0.15, -0.1) is 0 Å². The fourth-order valence-corrected chi connectivity index (χ4v) is 3.70. The molecule has 162 valence electrons. The molecule has 2 atom stereocenters. The third-order valence-electron chi connectivity index (χ3n) is 5.19. The molecule has 1 amide bonds. The van der Waals surface area contributed by atoms with Crippen molar-refractivity contribution in [2.24, 2.45) is 0 Å². The number of nitrogens with zero attached hydrogens (tertiary/aromatic N) is 3. The molecule has 0 bridgehead atoms. The molecule has 0 aliphatic carbocycles. The quantitative estimate of drug-likeness (QED) is 0.767. The molecule has 1 fully saturated rings. The number of likely N-dealkylation sites (tertiary alicyclic amines) is 1. The van der Waals surface area contributed by atoms with Gasteiger partial charge in [0.05, 0.1) is 11.1 Å². The lowest BCUT2D eigenvalue weighted by atomic mass is 9.91. The highest BCUT2D eigenvalue weighted by molar-refractivity contribution is 6.30. The van der Waals surface area contributed by atoms with E-state index in [0.717, 1.165) is 12.8 Å². The highest BCUT2D eigenvalue weighted by Gasteiger charge is 2.31. The molecule has 1 saturated heterocycles. The summed E-state index contributed by atoms with van der Waals surface area (Å²) in [5.74, 6) is 0.0966. The Balaban J connectivity index is 1.68. The fourth-order valence-electron chi connectivity index (χ4n) is 3.58. The third kappa shape index (κ3) is 5.82. The Labute approximate surface area is 176 Å². The highest BCUT2D eigenvalue weighted by Crippen LogP contribution is 2.28. The van der Waals surface area contributed by atoms with E-state index in [0.29, 0.717) is 34.1 Å². The average Bonchev–Trinajstić information content (AvgIpc) is 2.70. The topological polar surface area (TPSA) is 67.2 Å². The van der Waals surface area contributed by atoms with Crippen molar-refractivity contribution in [3.05, 3.63) is 57.6 Å². The monoisotopic (exact) mass is 442 g/mol. The van der Waals surface area contributed by atoms with Gasteiger partial charge in [0.15, 0.2) is 0 Å². The van der Waals surface area contributed by atoms with Crippen LogP contribution in [0.1, 0.15) is 31.2 Å². The molecule has 2 aromatic rings. The summed E-state index contributed by atoms with van der Waals surface area (Å²) in [6, 6.07) is 5.53. The van der Waals surface area contributed by atoms with Gasteiger partial charge < -0.3 is 9.88 Å². The third-order valence-corrected chi connectivity index (χ3v) is 5.41. The summed E-state index contributed by atoms with van der Waals surface area (Å²) in [6.07, 6.45) is -0.183. The fraction of sp³-hybridized carbons (Fsp3) is 0.450. The molecule has 2 aromatic heterocycles. The van der Waals surface area contributed by atoms with Crippen LogP contribution in [0.2, 0.25) is 5.02 Å². The number of hydrogen-bond donors (Lipinski definition) is 1. The first-order valence-electron chi connectivity index (χ1n) is 9.56. The minimum Gasteiger partial charge on any atom is -0.309 e. The number of amides is 1. The van der Waals surface area contributed by atoms with Crippen molar-refractivity contribution in [1.82, 2.24) is 14.5 Å². The number of halogens is 4. The number of nitrogens with one attached hydrogen (secondary N) is 1. The number of anilines is 1. The van der Waals surface area contributed by atoms with E-state index in [4.69, 9.17) is 11.6 Å². The summed E-state index contributed by atoms with van der Waals surface area (Å²) in [6.45, 7) is 1.66. The smallest absolute Gasteiger partial charge is 0.309 e. The predicted molar refractivity (Wildman–Crippen MR) is 108 cm³/mol. The summed E-state index contributed by atoms with van der Waals surface area (Å²) in [5, 5.41) is 3.21. The summed E-state index contributed by atoms with van der Waals surface area (Å²) >= 11 is 5.80. The van der Waals surface area contributed by atoms with E-state index in [9.17, 15) is 22.8 Å². The summed E-state index contributed by atoms with van der Waals surface area (Å²) in [4.78, 5) is 30.4. The number of pyridine rings is 2. The number of carbonyl (C=O) groups is 1. The van der Waals surface area contributed by atoms with E-state index in [1.54, 1.807) is 25.1 Å². The predicted octanol–water partition coefficient (Wildman–Crippen LogP) is 3.67. The molecule has 1 unspecified atom stereocenters. The molecule has 0 radical (unpaired) electrons. The van der Waals surface area contributed by atoms with E-state index in [1.807, 2.05) is 4.90 Å². The van der Waals surface area contributed by atoms with Crippen LogP contribution < -0.4 is 10.9 Å². The first kappa shape index (κ1) is 22.3. The number of rotatable bonds is 5. The van der Waals surface area contributed by atoms with Crippen molar-refractivity contribution >= 4 is 23.3 Å². The van der Waals surface area contributed by atoms with E-state index < -0.39 is 24.3 Å². The first-order chi connectivity index (χ1) is 14.1. The van der Waals surface area contributed by atoms with Crippen LogP contribution in [-0.4, -0.2) is 45.7 Å². The van der Waals surface area contributed by atoms with Crippen LogP contribution in [-0.2, 0) is 11.3 Å². The molecule has 10 heteroatoms. The van der Waals surface area contributed by atoms with Crippen molar-refractivity contribution in [3.8, 4) is 0 Å². The van der Waals surface area contributed by atoms with Crippen LogP contribution >= 0.6 is 11.6 Å². The molecule has 1 aliphatic heterocycles. The van der Waals surface area contributed by atoms with E-state index in [-0.39, 0.29) is 11.8 Å². The van der Waals surface area contributed by atoms with Crippen LogP contribution in [0, 0.1) is 0 Å². The molecule has 30 heavy (non-hydrogen) atoms. The maximum Gasteiger partial charge on any atom is 0.406 e. The zero-order valence-corrected chi connectivity index (χ0v) is 17.1. The summed E-state index contributed by atoms with van der Waals surface area (Å²) in [7, 11) is 0. The Hall–Kier alpha value is -2.39. The minimum absolute atomic E-state index is 0.0669. The standard InChI is InChI=1S/C20H22ClF3N4O2/c1-13(19(30)26-17-6-5-16(21)9-25-17)27-8-2-3-14(10-27)15-4-7-18(29)28(11-15)12-20(22,23)24/h4-7,9,11,13-14H,2-3,8,10,12H2,1H3,(H,25,26,30)/t13?,14-/m1/s1. The molecule has 3 heterocycles. The number of piperidine rings is 1. The maximum atomic E-state index is 12.7. The lowest BCUT2D eigenvalue weighted by molar-refractivity contribution is -0.141. The Bertz CT molecular complexity index is 946. The summed E-state index contributed by atoms with van der Waals surface area (Å²) < 4.78 is 38.9. The molecular formula is C20H22ClF3N4O2. The molecule has 3 rings (SSSR count). The van der Waals surface area contributed by atoms with Crippen molar-refractivity contribution in [3.63, 3.8) is 0 Å². The van der Waals surface area contributed by atoms with Gasteiger partial charge in [-0.1, -0.05) is 17.7 Å². The normalized spacial score (nSPS) is 18.8. The second-order valence-corrected chi connectivity index (χ2v) is 7.84. The molecule has 6 nitrogen and oxygen atoms in total. The lowest BCUT2D eigenvalue weighted by Crippen LogP contribution is -2.46. The van der Waals surface area contributed by atoms with Crippen LogP contribution in [0.15, 0.2) is 41.5 Å². The number of hydrogen-bond acceptors (Lipinski definition) is 4. The van der Waals surface area contributed by atoms with Gasteiger partial charge in [-0.3, -0.25) is 14.5 Å².